The van der Waals surface area contributed by atoms with E-state index in [9.17, 15) is 21.6 Å². The Kier molecular flexibility index (Phi) is 5.29. The average molecular weight is 327 g/mol. The molecule has 1 saturated heterocycles. The van der Waals surface area contributed by atoms with Gasteiger partial charge in [-0.1, -0.05) is 6.08 Å². The lowest BCUT2D eigenvalue weighted by atomic mass is 10.1. The molecule has 21 heavy (non-hydrogen) atoms. The Morgan fingerprint density at radius 2 is 1.86 bits per heavy atom. The van der Waals surface area contributed by atoms with Crippen molar-refractivity contribution in [3.8, 4) is 0 Å². The molecule has 2 rings (SSSR count). The van der Waals surface area contributed by atoms with E-state index in [1.54, 1.807) is 0 Å². The van der Waals surface area contributed by atoms with Crippen LogP contribution >= 0.6 is 0 Å². The van der Waals surface area contributed by atoms with E-state index >= 15 is 0 Å². The Hall–Kier alpha value is -0.640. The Morgan fingerprint density at radius 1 is 1.19 bits per heavy atom. The summed E-state index contributed by atoms with van der Waals surface area (Å²) in [5.41, 5.74) is -0.629. The van der Waals surface area contributed by atoms with Crippen LogP contribution in [-0.2, 0) is 10.0 Å². The monoisotopic (exact) mass is 327 g/mol. The number of hydrogen-bond acceptors (Lipinski definition) is 4. The molecule has 0 aromatic rings. The number of piperazine rings is 1. The number of rotatable bonds is 4. The van der Waals surface area contributed by atoms with Gasteiger partial charge in [0.25, 0.3) is 0 Å². The highest BCUT2D eigenvalue weighted by atomic mass is 32.2. The van der Waals surface area contributed by atoms with Gasteiger partial charge in [-0.3, -0.25) is 4.90 Å². The average Bonchev–Trinajstić information content (AvgIpc) is 2.46. The van der Waals surface area contributed by atoms with Crippen LogP contribution < -0.4 is 5.32 Å². The van der Waals surface area contributed by atoms with Crippen molar-refractivity contribution in [3.63, 3.8) is 0 Å². The van der Waals surface area contributed by atoms with Gasteiger partial charge in [-0.15, -0.1) is 0 Å². The molecule has 9 heteroatoms. The SMILES string of the molecule is O=S(=O)(CCN1CCNCC1)N1CC=C(C(F)(F)F)CC1. The van der Waals surface area contributed by atoms with E-state index in [-0.39, 0.29) is 25.3 Å². The largest absolute Gasteiger partial charge is 0.412 e. The Balaban J connectivity index is 1.87. The highest BCUT2D eigenvalue weighted by Crippen LogP contribution is 2.30. The molecule has 0 bridgehead atoms. The second-order valence-corrected chi connectivity index (χ2v) is 7.33. The first-order valence-electron chi connectivity index (χ1n) is 6.96. The third kappa shape index (κ3) is 4.67. The molecule has 0 saturated carbocycles. The van der Waals surface area contributed by atoms with Crippen LogP contribution in [0.15, 0.2) is 11.6 Å². The summed E-state index contributed by atoms with van der Waals surface area (Å²) in [6, 6.07) is 0. The fourth-order valence-corrected chi connectivity index (χ4v) is 3.89. The summed E-state index contributed by atoms with van der Waals surface area (Å²) in [7, 11) is -3.49. The van der Waals surface area contributed by atoms with Crippen molar-refractivity contribution >= 4 is 10.0 Å². The van der Waals surface area contributed by atoms with Crippen molar-refractivity contribution in [2.24, 2.45) is 0 Å². The molecule has 0 amide bonds. The van der Waals surface area contributed by atoms with Gasteiger partial charge in [-0.25, -0.2) is 8.42 Å². The summed E-state index contributed by atoms with van der Waals surface area (Å²) >= 11 is 0. The molecule has 0 aromatic heterocycles. The number of nitrogens with one attached hydrogen (secondary N) is 1. The smallest absolute Gasteiger partial charge is 0.314 e. The molecule has 1 fully saturated rings. The summed E-state index contributed by atoms with van der Waals surface area (Å²) in [6.07, 6.45) is -3.64. The van der Waals surface area contributed by atoms with Crippen LogP contribution in [0, 0.1) is 0 Å². The number of halogens is 3. The Bertz CT molecular complexity index is 484. The first kappa shape index (κ1) is 16.7. The van der Waals surface area contributed by atoms with Crippen LogP contribution in [-0.4, -0.2) is 75.4 Å². The molecule has 122 valence electrons. The first-order valence-corrected chi connectivity index (χ1v) is 8.57. The van der Waals surface area contributed by atoms with Crippen molar-refractivity contribution < 1.29 is 21.6 Å². The van der Waals surface area contributed by atoms with E-state index in [1.807, 2.05) is 0 Å². The van der Waals surface area contributed by atoms with Gasteiger partial charge in [-0.05, 0) is 6.42 Å². The predicted molar refractivity (Wildman–Crippen MR) is 73.4 cm³/mol. The quantitative estimate of drug-likeness (QED) is 0.760. The van der Waals surface area contributed by atoms with Gasteiger partial charge < -0.3 is 5.32 Å². The van der Waals surface area contributed by atoms with Crippen LogP contribution in [0.3, 0.4) is 0 Å². The van der Waals surface area contributed by atoms with Crippen molar-refractivity contribution in [1.82, 2.24) is 14.5 Å². The van der Waals surface area contributed by atoms with Gasteiger partial charge in [0.15, 0.2) is 0 Å². The molecule has 0 radical (unpaired) electrons. The molecule has 2 heterocycles. The summed E-state index contributed by atoms with van der Waals surface area (Å²) < 4.78 is 63.0. The minimum atomic E-state index is -4.35. The third-order valence-corrected chi connectivity index (χ3v) is 5.62. The van der Waals surface area contributed by atoms with E-state index in [1.165, 1.54) is 0 Å². The highest BCUT2D eigenvalue weighted by molar-refractivity contribution is 7.89. The number of sulfonamides is 1. The fourth-order valence-electron chi connectivity index (χ4n) is 2.47. The van der Waals surface area contributed by atoms with Gasteiger partial charge in [-0.2, -0.15) is 17.5 Å². The molecular formula is C12H20F3N3O2S. The lowest BCUT2D eigenvalue weighted by molar-refractivity contribution is -0.0953. The maximum Gasteiger partial charge on any atom is 0.412 e. The van der Waals surface area contributed by atoms with Gasteiger partial charge in [0.2, 0.25) is 10.0 Å². The van der Waals surface area contributed by atoms with Crippen molar-refractivity contribution in [2.75, 3.05) is 51.6 Å². The van der Waals surface area contributed by atoms with Crippen molar-refractivity contribution in [2.45, 2.75) is 12.6 Å². The normalized spacial score (nSPS) is 23.1. The van der Waals surface area contributed by atoms with Crippen LogP contribution in [0.1, 0.15) is 6.42 Å². The van der Waals surface area contributed by atoms with E-state index in [4.69, 9.17) is 0 Å². The molecule has 0 spiro atoms. The molecule has 5 nitrogen and oxygen atoms in total. The second kappa shape index (κ2) is 6.64. The molecular weight excluding hydrogens is 307 g/mol. The van der Waals surface area contributed by atoms with Gasteiger partial charge in [0, 0.05) is 51.4 Å². The van der Waals surface area contributed by atoms with E-state index in [2.05, 4.69) is 10.2 Å². The molecule has 2 aliphatic heterocycles. The molecule has 0 aliphatic carbocycles. The third-order valence-electron chi connectivity index (χ3n) is 3.80. The molecule has 0 aromatic carbocycles. The second-order valence-electron chi connectivity index (χ2n) is 5.24. The number of nitrogens with zero attached hydrogens (tertiary/aromatic N) is 2. The zero-order valence-corrected chi connectivity index (χ0v) is 12.5. The number of alkyl halides is 3. The molecule has 0 unspecified atom stereocenters. The van der Waals surface area contributed by atoms with Crippen LogP contribution in [0.2, 0.25) is 0 Å². The zero-order valence-electron chi connectivity index (χ0n) is 11.7. The minimum Gasteiger partial charge on any atom is -0.314 e. The summed E-state index contributed by atoms with van der Waals surface area (Å²) in [5, 5.41) is 3.18. The standard InChI is InChI=1S/C12H20F3N3O2S/c13-12(14,15)11-1-5-18(6-2-11)21(19,20)10-9-17-7-3-16-4-8-17/h1,16H,2-10H2. The predicted octanol–water partition coefficient (Wildman–Crippen LogP) is 0.416. The lowest BCUT2D eigenvalue weighted by Gasteiger charge is -2.30. The maximum absolute atomic E-state index is 12.5. The van der Waals surface area contributed by atoms with E-state index in [0.29, 0.717) is 6.54 Å². The number of hydrogen-bond donors (Lipinski definition) is 1. The summed E-state index contributed by atoms with van der Waals surface area (Å²) in [5.74, 6) is -0.0395. The Labute approximate surface area is 122 Å². The topological polar surface area (TPSA) is 52.7 Å². The lowest BCUT2D eigenvalue weighted by Crippen LogP contribution is -2.46. The zero-order chi connectivity index (χ0) is 15.5. The van der Waals surface area contributed by atoms with Crippen molar-refractivity contribution in [3.05, 3.63) is 11.6 Å². The minimum absolute atomic E-state index is 0.0395. The van der Waals surface area contributed by atoms with Gasteiger partial charge >= 0.3 is 6.18 Å². The Morgan fingerprint density at radius 3 is 2.38 bits per heavy atom. The molecule has 0 atom stereocenters. The summed E-state index contributed by atoms with van der Waals surface area (Å²) in [4.78, 5) is 2.05. The maximum atomic E-state index is 12.5. The van der Waals surface area contributed by atoms with Crippen LogP contribution in [0.5, 0.6) is 0 Å². The van der Waals surface area contributed by atoms with Crippen molar-refractivity contribution in [1.29, 1.82) is 0 Å². The molecule has 1 N–H and O–H groups in total. The summed E-state index contributed by atoms with van der Waals surface area (Å²) in [6.45, 7) is 3.43. The van der Waals surface area contributed by atoms with E-state index in [0.717, 1.165) is 36.6 Å². The van der Waals surface area contributed by atoms with Crippen LogP contribution in [0.4, 0.5) is 13.2 Å². The fraction of sp³-hybridized carbons (Fsp3) is 0.833. The van der Waals surface area contributed by atoms with Gasteiger partial charge in [0.1, 0.15) is 0 Å². The van der Waals surface area contributed by atoms with Crippen LogP contribution in [0.25, 0.3) is 0 Å². The molecule has 2 aliphatic rings. The first-order chi connectivity index (χ1) is 9.79. The van der Waals surface area contributed by atoms with E-state index < -0.39 is 21.8 Å². The van der Waals surface area contributed by atoms with Gasteiger partial charge in [0.05, 0.1) is 5.75 Å². The highest BCUT2D eigenvalue weighted by Gasteiger charge is 2.36.